The minimum Gasteiger partial charge on any atom is -0.319 e. The highest BCUT2D eigenvalue weighted by molar-refractivity contribution is 7.20. The fourth-order valence-corrected chi connectivity index (χ4v) is 3.11. The van der Waals surface area contributed by atoms with E-state index < -0.39 is 23.5 Å². The number of thiophene rings is 1. The van der Waals surface area contributed by atoms with Gasteiger partial charge in [-0.2, -0.15) is 0 Å². The highest BCUT2D eigenvalue weighted by atomic mass is 32.1. The van der Waals surface area contributed by atoms with Crippen molar-refractivity contribution in [1.29, 1.82) is 0 Å². The van der Waals surface area contributed by atoms with Crippen molar-refractivity contribution in [3.8, 4) is 0 Å². The van der Waals surface area contributed by atoms with Crippen molar-refractivity contribution in [1.82, 2.24) is 10.2 Å². The van der Waals surface area contributed by atoms with Gasteiger partial charge in [-0.3, -0.25) is 19.7 Å². The number of rotatable bonds is 1. The Morgan fingerprint density at radius 3 is 2.60 bits per heavy atom. The summed E-state index contributed by atoms with van der Waals surface area (Å²) in [6.07, 6.45) is 0. The summed E-state index contributed by atoms with van der Waals surface area (Å²) in [5.41, 5.74) is 0. The highest BCUT2D eigenvalue weighted by Gasteiger charge is 2.28. The average Bonchev–Trinajstić information content (AvgIpc) is 2.82. The Balaban J connectivity index is 1.94. The van der Waals surface area contributed by atoms with Gasteiger partial charge in [0.25, 0.3) is 5.91 Å². The largest absolute Gasteiger partial charge is 0.319 e. The molecule has 1 N–H and O–H groups in total. The summed E-state index contributed by atoms with van der Waals surface area (Å²) in [6, 6.07) is 6.06. The summed E-state index contributed by atoms with van der Waals surface area (Å²) in [7, 11) is 0. The number of halogens is 1. The number of carbonyl (C=O) groups excluding carboxylic acids is 3. The van der Waals surface area contributed by atoms with Crippen LogP contribution in [0.15, 0.2) is 24.3 Å². The second kappa shape index (κ2) is 4.68. The van der Waals surface area contributed by atoms with Gasteiger partial charge in [0, 0.05) is 10.1 Å². The van der Waals surface area contributed by atoms with Crippen LogP contribution in [0.3, 0.4) is 0 Å². The number of carbonyl (C=O) groups is 3. The molecule has 1 aliphatic rings. The summed E-state index contributed by atoms with van der Waals surface area (Å²) in [6.45, 7) is -0.331. The van der Waals surface area contributed by atoms with Crippen LogP contribution in [0, 0.1) is 5.82 Å². The molecule has 102 valence electrons. The van der Waals surface area contributed by atoms with Gasteiger partial charge in [-0.25, -0.2) is 4.39 Å². The number of fused-ring (bicyclic) bond motifs is 1. The molecule has 0 spiro atoms. The molecule has 0 saturated carbocycles. The van der Waals surface area contributed by atoms with Gasteiger partial charge in [0.05, 0.1) is 4.88 Å². The predicted octanol–water partition coefficient (Wildman–Crippen LogP) is 1.14. The van der Waals surface area contributed by atoms with E-state index in [1.165, 1.54) is 12.1 Å². The van der Waals surface area contributed by atoms with Crippen molar-refractivity contribution in [2.75, 3.05) is 13.1 Å². The number of hydrogen-bond donors (Lipinski definition) is 1. The zero-order valence-electron chi connectivity index (χ0n) is 10.2. The molecule has 1 saturated heterocycles. The van der Waals surface area contributed by atoms with Gasteiger partial charge in [-0.05, 0) is 18.2 Å². The molecule has 0 atom stereocenters. The lowest BCUT2D eigenvalue weighted by Crippen LogP contribution is -2.53. The lowest BCUT2D eigenvalue weighted by Gasteiger charge is -2.24. The van der Waals surface area contributed by atoms with Crippen LogP contribution in [0.4, 0.5) is 4.39 Å². The first-order valence-corrected chi connectivity index (χ1v) is 6.66. The number of piperazine rings is 1. The lowest BCUT2D eigenvalue weighted by molar-refractivity contribution is -0.135. The summed E-state index contributed by atoms with van der Waals surface area (Å²) >= 11 is 1.14. The molecule has 5 nitrogen and oxygen atoms in total. The maximum Gasteiger partial charge on any atom is 0.264 e. The van der Waals surface area contributed by atoms with Crippen molar-refractivity contribution in [2.24, 2.45) is 0 Å². The zero-order chi connectivity index (χ0) is 14.3. The molecule has 3 rings (SSSR count). The molecule has 1 aliphatic heterocycles. The monoisotopic (exact) mass is 292 g/mol. The second-order valence-corrected chi connectivity index (χ2v) is 5.48. The summed E-state index contributed by atoms with van der Waals surface area (Å²) in [4.78, 5) is 36.2. The average molecular weight is 292 g/mol. The number of hydrogen-bond acceptors (Lipinski definition) is 4. The highest BCUT2D eigenvalue weighted by Crippen LogP contribution is 2.28. The van der Waals surface area contributed by atoms with Crippen LogP contribution in [-0.2, 0) is 9.59 Å². The third kappa shape index (κ3) is 2.16. The molecule has 0 bridgehead atoms. The fraction of sp³-hybridized carbons (Fsp3) is 0.154. The standard InChI is InChI=1S/C13H9FN2O3S/c14-8-2-1-3-9-7(8)4-10(20-9)13(19)16-5-11(17)15-12(18)6-16/h1-4H,5-6H2,(H,15,17,18). The predicted molar refractivity (Wildman–Crippen MR) is 70.8 cm³/mol. The van der Waals surface area contributed by atoms with Crippen molar-refractivity contribution >= 4 is 39.1 Å². The molecule has 0 radical (unpaired) electrons. The molecule has 1 aromatic heterocycles. The number of nitrogens with zero attached hydrogens (tertiary/aromatic N) is 1. The number of nitrogens with one attached hydrogen (secondary N) is 1. The summed E-state index contributed by atoms with van der Waals surface area (Å²) < 4.78 is 14.2. The van der Waals surface area contributed by atoms with Gasteiger partial charge >= 0.3 is 0 Å². The summed E-state index contributed by atoms with van der Waals surface area (Å²) in [5.74, 6) is -1.86. The van der Waals surface area contributed by atoms with E-state index in [1.54, 1.807) is 12.1 Å². The molecule has 2 aromatic rings. The Hall–Kier alpha value is -2.28. The van der Waals surface area contributed by atoms with E-state index in [4.69, 9.17) is 0 Å². The van der Waals surface area contributed by atoms with E-state index in [0.717, 1.165) is 16.2 Å². The molecule has 20 heavy (non-hydrogen) atoms. The molecule has 0 unspecified atom stereocenters. The van der Waals surface area contributed by atoms with Crippen LogP contribution in [0.1, 0.15) is 9.67 Å². The zero-order valence-corrected chi connectivity index (χ0v) is 11.0. The number of imide groups is 1. The van der Waals surface area contributed by atoms with Crippen molar-refractivity contribution < 1.29 is 18.8 Å². The van der Waals surface area contributed by atoms with Gasteiger partial charge in [-0.1, -0.05) is 6.07 Å². The van der Waals surface area contributed by atoms with Gasteiger partial charge in [0.1, 0.15) is 18.9 Å². The number of amides is 3. The molecule has 7 heteroatoms. The molecule has 0 aliphatic carbocycles. The fourth-order valence-electron chi connectivity index (χ4n) is 2.07. The topological polar surface area (TPSA) is 66.5 Å². The maximum absolute atomic E-state index is 13.6. The van der Waals surface area contributed by atoms with Crippen LogP contribution < -0.4 is 5.32 Å². The Morgan fingerprint density at radius 1 is 1.25 bits per heavy atom. The molecule has 2 heterocycles. The Kier molecular flexibility index (Phi) is 2.98. The molecule has 1 fully saturated rings. The van der Waals surface area contributed by atoms with Crippen molar-refractivity contribution in [3.05, 3.63) is 35.0 Å². The normalized spacial score (nSPS) is 15.6. The minimum absolute atomic E-state index is 0.165. The SMILES string of the molecule is O=C1CN(C(=O)c2cc3c(F)cccc3s2)CC(=O)N1. The van der Waals surface area contributed by atoms with Crippen molar-refractivity contribution in [2.45, 2.75) is 0 Å². The van der Waals surface area contributed by atoms with E-state index in [1.807, 2.05) is 0 Å². The summed E-state index contributed by atoms with van der Waals surface area (Å²) in [5, 5.41) is 2.49. The van der Waals surface area contributed by atoms with Crippen molar-refractivity contribution in [3.63, 3.8) is 0 Å². The van der Waals surface area contributed by atoms with E-state index >= 15 is 0 Å². The van der Waals surface area contributed by atoms with E-state index in [9.17, 15) is 18.8 Å². The van der Waals surface area contributed by atoms with E-state index in [0.29, 0.717) is 15.0 Å². The first-order valence-electron chi connectivity index (χ1n) is 5.84. The smallest absolute Gasteiger partial charge is 0.264 e. The third-order valence-corrected chi connectivity index (χ3v) is 4.04. The number of benzene rings is 1. The van der Waals surface area contributed by atoms with Crippen LogP contribution in [-0.4, -0.2) is 35.7 Å². The van der Waals surface area contributed by atoms with Gasteiger partial charge in [0.15, 0.2) is 0 Å². The molecule has 3 amide bonds. The van der Waals surface area contributed by atoms with Crippen LogP contribution in [0.5, 0.6) is 0 Å². The Labute approximate surface area is 117 Å². The first kappa shape index (κ1) is 12.7. The molecule has 1 aromatic carbocycles. The third-order valence-electron chi connectivity index (χ3n) is 2.95. The Bertz CT molecular complexity index is 724. The second-order valence-electron chi connectivity index (χ2n) is 4.39. The van der Waals surface area contributed by atoms with Crippen LogP contribution >= 0.6 is 11.3 Å². The molecular formula is C13H9FN2O3S. The van der Waals surface area contributed by atoms with Gasteiger partial charge < -0.3 is 4.90 Å². The Morgan fingerprint density at radius 2 is 1.95 bits per heavy atom. The van der Waals surface area contributed by atoms with Gasteiger partial charge in [-0.15, -0.1) is 11.3 Å². The first-order chi connectivity index (χ1) is 9.54. The minimum atomic E-state index is -0.512. The van der Waals surface area contributed by atoms with Gasteiger partial charge in [0.2, 0.25) is 11.8 Å². The van der Waals surface area contributed by atoms with Crippen LogP contribution in [0.2, 0.25) is 0 Å². The lowest BCUT2D eigenvalue weighted by atomic mass is 10.2. The van der Waals surface area contributed by atoms with Crippen LogP contribution in [0.25, 0.3) is 10.1 Å². The van der Waals surface area contributed by atoms with E-state index in [2.05, 4.69) is 5.32 Å². The van der Waals surface area contributed by atoms with E-state index in [-0.39, 0.29) is 13.1 Å². The quantitative estimate of drug-likeness (QED) is 0.802. The molecular weight excluding hydrogens is 283 g/mol. The maximum atomic E-state index is 13.6.